The van der Waals surface area contributed by atoms with Crippen LogP contribution in [-0.2, 0) is 6.61 Å². The Morgan fingerprint density at radius 3 is 2.40 bits per heavy atom. The molecule has 0 spiro atoms. The molecule has 20 heavy (non-hydrogen) atoms. The van der Waals surface area contributed by atoms with Crippen molar-refractivity contribution >= 4 is 5.69 Å². The van der Waals surface area contributed by atoms with Crippen LogP contribution in [0.25, 0.3) is 0 Å². The summed E-state index contributed by atoms with van der Waals surface area (Å²) < 4.78 is 10.7. The lowest BCUT2D eigenvalue weighted by Gasteiger charge is -2.10. The number of nitro groups is 1. The Labute approximate surface area is 115 Å². The number of hydrogen-bond acceptors (Lipinski definition) is 5. The molecule has 2 rings (SSSR count). The average Bonchev–Trinajstić information content (AvgIpc) is 2.48. The zero-order chi connectivity index (χ0) is 14.5. The summed E-state index contributed by atoms with van der Waals surface area (Å²) in [5, 5.41) is 19.7. The normalized spacial score (nSPS) is 10.1. The molecule has 0 atom stereocenters. The van der Waals surface area contributed by atoms with Crippen LogP contribution in [0.5, 0.6) is 17.2 Å². The first-order chi connectivity index (χ1) is 9.63. The molecule has 2 aromatic carbocycles. The molecule has 2 aromatic rings. The SMILES string of the molecule is COc1cc([N+](=O)[O-])ccc1Oc1ccc(CO)cc1. The Balaban J connectivity index is 2.25. The fourth-order valence-electron chi connectivity index (χ4n) is 1.64. The van der Waals surface area contributed by atoms with Crippen LogP contribution in [0, 0.1) is 10.1 Å². The molecule has 104 valence electrons. The highest BCUT2D eigenvalue weighted by molar-refractivity contribution is 5.50. The molecule has 6 heteroatoms. The van der Waals surface area contributed by atoms with Gasteiger partial charge in [0.05, 0.1) is 24.7 Å². The van der Waals surface area contributed by atoms with E-state index in [2.05, 4.69) is 0 Å². The molecule has 0 bridgehead atoms. The summed E-state index contributed by atoms with van der Waals surface area (Å²) in [6.45, 7) is -0.0405. The minimum Gasteiger partial charge on any atom is -0.493 e. The van der Waals surface area contributed by atoms with E-state index in [0.29, 0.717) is 11.5 Å². The molecule has 0 fully saturated rings. The van der Waals surface area contributed by atoms with Crippen LogP contribution in [0.15, 0.2) is 42.5 Å². The molecule has 0 radical (unpaired) electrons. The summed E-state index contributed by atoms with van der Waals surface area (Å²) in [6, 6.07) is 11.0. The van der Waals surface area contributed by atoms with Gasteiger partial charge in [0.15, 0.2) is 11.5 Å². The maximum Gasteiger partial charge on any atom is 0.273 e. The Bertz CT molecular complexity index is 609. The Morgan fingerprint density at radius 1 is 1.15 bits per heavy atom. The van der Waals surface area contributed by atoms with Crippen LogP contribution in [0.1, 0.15) is 5.56 Å². The van der Waals surface area contributed by atoms with Crippen molar-refractivity contribution in [2.75, 3.05) is 7.11 Å². The number of hydrogen-bond donors (Lipinski definition) is 1. The van der Waals surface area contributed by atoms with Crippen molar-refractivity contribution in [3.8, 4) is 17.2 Å². The van der Waals surface area contributed by atoms with E-state index in [1.54, 1.807) is 24.3 Å². The highest BCUT2D eigenvalue weighted by Crippen LogP contribution is 2.34. The fourth-order valence-corrected chi connectivity index (χ4v) is 1.64. The summed E-state index contributed by atoms with van der Waals surface area (Å²) in [5.74, 6) is 1.22. The third kappa shape index (κ3) is 3.04. The Morgan fingerprint density at radius 2 is 1.85 bits per heavy atom. The first-order valence-corrected chi connectivity index (χ1v) is 5.84. The summed E-state index contributed by atoms with van der Waals surface area (Å²) >= 11 is 0. The van der Waals surface area contributed by atoms with Gasteiger partial charge in [-0.25, -0.2) is 0 Å². The van der Waals surface area contributed by atoms with E-state index in [1.807, 2.05) is 0 Å². The van der Waals surface area contributed by atoms with E-state index in [0.717, 1.165) is 5.56 Å². The van der Waals surface area contributed by atoms with Crippen molar-refractivity contribution in [3.05, 3.63) is 58.1 Å². The molecule has 0 saturated heterocycles. The number of methoxy groups -OCH3 is 1. The van der Waals surface area contributed by atoms with E-state index >= 15 is 0 Å². The third-order valence-corrected chi connectivity index (χ3v) is 2.69. The van der Waals surface area contributed by atoms with Gasteiger partial charge in [-0.3, -0.25) is 10.1 Å². The van der Waals surface area contributed by atoms with E-state index < -0.39 is 4.92 Å². The molecular weight excluding hydrogens is 262 g/mol. The number of nitro benzene ring substituents is 1. The average molecular weight is 275 g/mol. The van der Waals surface area contributed by atoms with Crippen molar-refractivity contribution < 1.29 is 19.5 Å². The summed E-state index contributed by atoms with van der Waals surface area (Å²) in [7, 11) is 1.42. The third-order valence-electron chi connectivity index (χ3n) is 2.69. The molecule has 0 heterocycles. The molecule has 1 N–H and O–H groups in total. The summed E-state index contributed by atoms with van der Waals surface area (Å²) in [6.07, 6.45) is 0. The highest BCUT2D eigenvalue weighted by Gasteiger charge is 2.12. The van der Waals surface area contributed by atoms with Crippen molar-refractivity contribution in [1.29, 1.82) is 0 Å². The summed E-state index contributed by atoms with van der Waals surface area (Å²) in [5.41, 5.74) is 0.706. The van der Waals surface area contributed by atoms with Crippen molar-refractivity contribution in [3.63, 3.8) is 0 Å². The van der Waals surface area contributed by atoms with Gasteiger partial charge in [-0.15, -0.1) is 0 Å². The van der Waals surface area contributed by atoms with Gasteiger partial charge in [0.2, 0.25) is 0 Å². The van der Waals surface area contributed by atoms with Gasteiger partial charge in [-0.2, -0.15) is 0 Å². The topological polar surface area (TPSA) is 81.8 Å². The van der Waals surface area contributed by atoms with Gasteiger partial charge < -0.3 is 14.6 Å². The minimum atomic E-state index is -0.498. The molecule has 0 aliphatic rings. The minimum absolute atomic E-state index is 0.0405. The van der Waals surface area contributed by atoms with Gasteiger partial charge in [0, 0.05) is 6.07 Å². The smallest absolute Gasteiger partial charge is 0.273 e. The van der Waals surface area contributed by atoms with Crippen molar-refractivity contribution in [2.45, 2.75) is 6.61 Å². The molecule has 0 unspecified atom stereocenters. The molecule has 0 aliphatic heterocycles. The van der Waals surface area contributed by atoms with Gasteiger partial charge in [0.25, 0.3) is 5.69 Å². The van der Waals surface area contributed by atoms with Gasteiger partial charge in [-0.05, 0) is 23.8 Å². The second-order valence-electron chi connectivity index (χ2n) is 4.00. The van der Waals surface area contributed by atoms with E-state index in [9.17, 15) is 10.1 Å². The van der Waals surface area contributed by atoms with Crippen molar-refractivity contribution in [1.82, 2.24) is 0 Å². The second kappa shape index (κ2) is 6.03. The maximum absolute atomic E-state index is 10.7. The lowest BCUT2D eigenvalue weighted by Crippen LogP contribution is -1.93. The highest BCUT2D eigenvalue weighted by atomic mass is 16.6. The zero-order valence-electron chi connectivity index (χ0n) is 10.8. The van der Waals surface area contributed by atoms with Crippen LogP contribution in [0.4, 0.5) is 5.69 Å². The Hall–Kier alpha value is -2.60. The molecule has 0 aromatic heterocycles. The number of aliphatic hydroxyl groups excluding tert-OH is 1. The monoisotopic (exact) mass is 275 g/mol. The summed E-state index contributed by atoms with van der Waals surface area (Å²) in [4.78, 5) is 10.2. The van der Waals surface area contributed by atoms with Crippen molar-refractivity contribution in [2.24, 2.45) is 0 Å². The Kier molecular flexibility index (Phi) is 4.17. The maximum atomic E-state index is 10.7. The molecule has 0 aliphatic carbocycles. The van der Waals surface area contributed by atoms with Crippen LogP contribution < -0.4 is 9.47 Å². The molecular formula is C14H13NO5. The van der Waals surface area contributed by atoms with Gasteiger partial charge >= 0.3 is 0 Å². The standard InChI is InChI=1S/C14H13NO5/c1-19-14-8-11(15(17)18)4-7-13(14)20-12-5-2-10(9-16)3-6-12/h2-8,16H,9H2,1H3. The number of benzene rings is 2. The lowest BCUT2D eigenvalue weighted by atomic mass is 10.2. The van der Waals surface area contributed by atoms with E-state index in [1.165, 1.54) is 25.3 Å². The molecule has 0 amide bonds. The van der Waals surface area contributed by atoms with Gasteiger partial charge in [-0.1, -0.05) is 12.1 Å². The fraction of sp³-hybridized carbons (Fsp3) is 0.143. The second-order valence-corrected chi connectivity index (χ2v) is 4.00. The van der Waals surface area contributed by atoms with Crippen LogP contribution in [0.2, 0.25) is 0 Å². The molecule has 6 nitrogen and oxygen atoms in total. The first kappa shape index (κ1) is 13.8. The number of ether oxygens (including phenoxy) is 2. The van der Waals surface area contributed by atoms with E-state index in [4.69, 9.17) is 14.6 Å². The molecule has 0 saturated carbocycles. The quantitative estimate of drug-likeness (QED) is 0.670. The number of aliphatic hydroxyl groups is 1. The van der Waals surface area contributed by atoms with E-state index in [-0.39, 0.29) is 18.0 Å². The predicted octanol–water partition coefficient (Wildman–Crippen LogP) is 2.89. The lowest BCUT2D eigenvalue weighted by molar-refractivity contribution is -0.384. The number of rotatable bonds is 5. The number of nitrogens with zero attached hydrogens (tertiary/aromatic N) is 1. The van der Waals surface area contributed by atoms with Crippen LogP contribution in [0.3, 0.4) is 0 Å². The van der Waals surface area contributed by atoms with Crippen LogP contribution >= 0.6 is 0 Å². The van der Waals surface area contributed by atoms with Crippen LogP contribution in [-0.4, -0.2) is 17.1 Å². The number of non-ortho nitro benzene ring substituents is 1. The zero-order valence-corrected chi connectivity index (χ0v) is 10.8. The largest absolute Gasteiger partial charge is 0.493 e. The van der Waals surface area contributed by atoms with Gasteiger partial charge in [0.1, 0.15) is 5.75 Å². The predicted molar refractivity (Wildman–Crippen MR) is 72.1 cm³/mol. The first-order valence-electron chi connectivity index (χ1n) is 5.84.